The van der Waals surface area contributed by atoms with E-state index in [1.54, 1.807) is 0 Å². The fraction of sp³-hybridized carbons (Fsp3) is 0.929. The molecule has 0 saturated heterocycles. The predicted octanol–water partition coefficient (Wildman–Crippen LogP) is 4.56. The van der Waals surface area contributed by atoms with Crippen LogP contribution in [0, 0.1) is 23.7 Å². The highest BCUT2D eigenvalue weighted by molar-refractivity contribution is 5.81. The summed E-state index contributed by atoms with van der Waals surface area (Å²) in [5.74, 6) is 2.51. The van der Waals surface area contributed by atoms with E-state index in [0.29, 0.717) is 5.78 Å². The van der Waals surface area contributed by atoms with Crippen LogP contribution < -0.4 is 0 Å². The number of hydrogen-bond acceptors (Lipinski definition) is 1. The Balaban J connectivity index is 0. The van der Waals surface area contributed by atoms with E-state index in [2.05, 4.69) is 27.7 Å². The van der Waals surface area contributed by atoms with E-state index in [4.69, 9.17) is 0 Å². The highest BCUT2D eigenvalue weighted by Gasteiger charge is 2.09. The lowest BCUT2D eigenvalue weighted by Crippen LogP contribution is -2.13. The first kappa shape index (κ1) is 17.1. The van der Waals surface area contributed by atoms with Crippen molar-refractivity contribution < 1.29 is 4.79 Å². The fourth-order valence-electron chi connectivity index (χ4n) is 1.61. The second-order valence-electron chi connectivity index (χ2n) is 5.74. The second kappa shape index (κ2) is 8.94. The molecule has 0 bridgehead atoms. The lowest BCUT2D eigenvalue weighted by atomic mass is 9.99. The van der Waals surface area contributed by atoms with E-state index in [1.165, 1.54) is 6.42 Å². The Morgan fingerprint density at radius 3 is 1.00 bits per heavy atom. The molecular formula is C14H30O. The number of ketones is 1. The Hall–Kier alpha value is -0.330. The van der Waals surface area contributed by atoms with Crippen LogP contribution in [0.2, 0.25) is 0 Å². The summed E-state index contributed by atoms with van der Waals surface area (Å²) >= 11 is 0. The van der Waals surface area contributed by atoms with Crippen molar-refractivity contribution in [3.8, 4) is 0 Å². The zero-order valence-electron chi connectivity index (χ0n) is 11.9. The maximum atomic E-state index is 10.8. The van der Waals surface area contributed by atoms with E-state index < -0.39 is 0 Å². The van der Waals surface area contributed by atoms with Gasteiger partial charge in [-0.05, 0) is 18.3 Å². The summed E-state index contributed by atoms with van der Waals surface area (Å²) in [6.07, 6.45) is 1.36. The molecule has 0 fully saturated rings. The van der Waals surface area contributed by atoms with Gasteiger partial charge in [-0.15, -0.1) is 0 Å². The molecule has 1 nitrogen and oxygen atoms in total. The second-order valence-corrected chi connectivity index (χ2v) is 5.74. The monoisotopic (exact) mass is 214 g/mol. The molecule has 92 valence electrons. The smallest absolute Gasteiger partial charge is 0.137 e. The van der Waals surface area contributed by atoms with Gasteiger partial charge in [-0.2, -0.15) is 0 Å². The molecule has 0 aliphatic carbocycles. The van der Waals surface area contributed by atoms with Gasteiger partial charge in [0.2, 0.25) is 0 Å². The standard InChI is InChI=1S/C7H14O.C7H16/c1-5(2)7(8)6(3)4;1-6(2)5-7(3)4/h5-6H,1-4H3;6-7H,5H2,1-4H3. The molecule has 0 spiro atoms. The summed E-state index contributed by atoms with van der Waals surface area (Å²) in [4.78, 5) is 10.8. The normalized spacial score (nSPS) is 10.9. The molecule has 0 aliphatic heterocycles. The number of carbonyl (C=O) groups is 1. The van der Waals surface area contributed by atoms with Gasteiger partial charge in [-0.25, -0.2) is 0 Å². The van der Waals surface area contributed by atoms with Crippen LogP contribution in [0.5, 0.6) is 0 Å². The lowest BCUT2D eigenvalue weighted by Gasteiger charge is -2.05. The van der Waals surface area contributed by atoms with Crippen molar-refractivity contribution >= 4 is 5.78 Å². The molecule has 0 aromatic rings. The summed E-state index contributed by atoms with van der Waals surface area (Å²) in [5, 5.41) is 0. The van der Waals surface area contributed by atoms with Gasteiger partial charge in [-0.1, -0.05) is 55.4 Å². The van der Waals surface area contributed by atoms with E-state index in [-0.39, 0.29) is 11.8 Å². The minimum absolute atomic E-state index is 0.204. The zero-order chi connectivity index (χ0) is 12.6. The van der Waals surface area contributed by atoms with Crippen molar-refractivity contribution in [2.45, 2.75) is 61.8 Å². The highest BCUT2D eigenvalue weighted by Crippen LogP contribution is 2.08. The molecule has 0 N–H and O–H groups in total. The van der Waals surface area contributed by atoms with Gasteiger partial charge in [0, 0.05) is 11.8 Å². The Labute approximate surface area is 96.7 Å². The topological polar surface area (TPSA) is 17.1 Å². The van der Waals surface area contributed by atoms with E-state index in [9.17, 15) is 4.79 Å². The molecule has 0 aromatic carbocycles. The largest absolute Gasteiger partial charge is 0.299 e. The fourth-order valence-corrected chi connectivity index (χ4v) is 1.61. The van der Waals surface area contributed by atoms with Crippen LogP contribution in [0.25, 0.3) is 0 Å². The molecular weight excluding hydrogens is 184 g/mol. The molecule has 0 saturated carbocycles. The summed E-state index contributed by atoms with van der Waals surface area (Å²) in [5.41, 5.74) is 0. The van der Waals surface area contributed by atoms with Crippen LogP contribution >= 0.6 is 0 Å². The first-order valence-corrected chi connectivity index (χ1v) is 6.22. The number of carbonyl (C=O) groups excluding carboxylic acids is 1. The van der Waals surface area contributed by atoms with Crippen LogP contribution in [-0.4, -0.2) is 5.78 Å². The van der Waals surface area contributed by atoms with Crippen molar-refractivity contribution in [1.29, 1.82) is 0 Å². The maximum absolute atomic E-state index is 10.8. The first-order valence-electron chi connectivity index (χ1n) is 6.22. The third-order valence-electron chi connectivity index (χ3n) is 2.08. The van der Waals surface area contributed by atoms with Crippen LogP contribution in [0.15, 0.2) is 0 Å². The minimum atomic E-state index is 0.204. The molecule has 0 unspecified atom stereocenters. The van der Waals surface area contributed by atoms with E-state index in [0.717, 1.165) is 11.8 Å². The van der Waals surface area contributed by atoms with Gasteiger partial charge in [0.05, 0.1) is 0 Å². The SMILES string of the molecule is CC(C)C(=O)C(C)C.CC(C)CC(C)C. The van der Waals surface area contributed by atoms with Crippen LogP contribution in [0.4, 0.5) is 0 Å². The summed E-state index contributed by atoms with van der Waals surface area (Å²) in [7, 11) is 0. The molecule has 1 heteroatoms. The van der Waals surface area contributed by atoms with Gasteiger partial charge in [-0.3, -0.25) is 4.79 Å². The Bertz CT molecular complexity index is 139. The van der Waals surface area contributed by atoms with Crippen LogP contribution in [-0.2, 0) is 4.79 Å². The van der Waals surface area contributed by atoms with Gasteiger partial charge in [0.15, 0.2) is 0 Å². The summed E-state index contributed by atoms with van der Waals surface area (Å²) in [6, 6.07) is 0. The van der Waals surface area contributed by atoms with Crippen LogP contribution in [0.3, 0.4) is 0 Å². The lowest BCUT2D eigenvalue weighted by molar-refractivity contribution is -0.124. The molecule has 15 heavy (non-hydrogen) atoms. The highest BCUT2D eigenvalue weighted by atomic mass is 16.1. The van der Waals surface area contributed by atoms with Gasteiger partial charge < -0.3 is 0 Å². The minimum Gasteiger partial charge on any atom is -0.299 e. The van der Waals surface area contributed by atoms with Gasteiger partial charge >= 0.3 is 0 Å². The van der Waals surface area contributed by atoms with Crippen molar-refractivity contribution in [2.75, 3.05) is 0 Å². The molecule has 0 atom stereocenters. The summed E-state index contributed by atoms with van der Waals surface area (Å²) in [6.45, 7) is 16.8. The number of hydrogen-bond donors (Lipinski definition) is 0. The van der Waals surface area contributed by atoms with E-state index >= 15 is 0 Å². The molecule has 0 aliphatic rings. The van der Waals surface area contributed by atoms with Gasteiger partial charge in [0.1, 0.15) is 5.78 Å². The molecule has 0 amide bonds. The maximum Gasteiger partial charge on any atom is 0.137 e. The average molecular weight is 214 g/mol. The first-order chi connectivity index (χ1) is 6.68. The Morgan fingerprint density at radius 2 is 1.00 bits per heavy atom. The van der Waals surface area contributed by atoms with E-state index in [1.807, 2.05) is 27.7 Å². The summed E-state index contributed by atoms with van der Waals surface area (Å²) < 4.78 is 0. The third kappa shape index (κ3) is 13.7. The Morgan fingerprint density at radius 1 is 0.733 bits per heavy atom. The Kier molecular flexibility index (Phi) is 10.2. The molecule has 0 rings (SSSR count). The van der Waals surface area contributed by atoms with Crippen molar-refractivity contribution in [3.63, 3.8) is 0 Å². The van der Waals surface area contributed by atoms with Crippen molar-refractivity contribution in [3.05, 3.63) is 0 Å². The van der Waals surface area contributed by atoms with Gasteiger partial charge in [0.25, 0.3) is 0 Å². The van der Waals surface area contributed by atoms with Crippen LogP contribution in [0.1, 0.15) is 61.8 Å². The third-order valence-corrected chi connectivity index (χ3v) is 2.08. The average Bonchev–Trinajstić information content (AvgIpc) is 2.00. The molecule has 0 heterocycles. The predicted molar refractivity (Wildman–Crippen MR) is 69.0 cm³/mol. The number of rotatable bonds is 4. The molecule has 0 radical (unpaired) electrons. The number of Topliss-reactive ketones (excluding diaryl/α,β-unsaturated/α-hetero) is 1. The van der Waals surface area contributed by atoms with Crippen molar-refractivity contribution in [1.82, 2.24) is 0 Å². The quantitative estimate of drug-likeness (QED) is 0.670. The van der Waals surface area contributed by atoms with Crippen molar-refractivity contribution in [2.24, 2.45) is 23.7 Å². The molecule has 0 aromatic heterocycles. The zero-order valence-corrected chi connectivity index (χ0v) is 11.9.